The Hall–Kier alpha value is -1.92. The van der Waals surface area contributed by atoms with E-state index in [1.165, 1.54) is 12.1 Å². The minimum atomic E-state index is -0.331. The number of halogens is 1. The largest absolute Gasteiger partial charge is 0.395 e. The van der Waals surface area contributed by atoms with Crippen LogP contribution in [0.15, 0.2) is 24.4 Å². The summed E-state index contributed by atoms with van der Waals surface area (Å²) in [6.07, 6.45) is 1.88. The lowest BCUT2D eigenvalue weighted by Crippen LogP contribution is -2.37. The molecule has 0 saturated heterocycles. The van der Waals surface area contributed by atoms with Gasteiger partial charge >= 0.3 is 0 Å². The van der Waals surface area contributed by atoms with E-state index in [1.807, 2.05) is 0 Å². The second-order valence-corrected chi connectivity index (χ2v) is 4.78. The molecule has 2 rings (SSSR count). The van der Waals surface area contributed by atoms with Gasteiger partial charge < -0.3 is 19.7 Å². The molecule has 0 spiro atoms. The normalized spacial score (nSPS) is 11.0. The number of aromatic amines is 1. The number of fused-ring (bicyclic) bond motifs is 1. The molecule has 0 aliphatic carbocycles. The van der Waals surface area contributed by atoms with Crippen LogP contribution in [0.2, 0.25) is 0 Å². The summed E-state index contributed by atoms with van der Waals surface area (Å²) in [5.41, 5.74) is 1.54. The fourth-order valence-electron chi connectivity index (χ4n) is 2.26. The van der Waals surface area contributed by atoms with Gasteiger partial charge in [-0.1, -0.05) is 0 Å². The van der Waals surface area contributed by atoms with E-state index in [0.29, 0.717) is 18.5 Å². The topological polar surface area (TPSA) is 65.6 Å². The summed E-state index contributed by atoms with van der Waals surface area (Å²) >= 11 is 0. The number of amides is 1. The van der Waals surface area contributed by atoms with Crippen LogP contribution in [0.1, 0.15) is 5.56 Å². The Morgan fingerprint density at radius 1 is 1.43 bits per heavy atom. The van der Waals surface area contributed by atoms with E-state index in [9.17, 15) is 9.18 Å². The number of aromatic nitrogens is 1. The van der Waals surface area contributed by atoms with E-state index < -0.39 is 0 Å². The van der Waals surface area contributed by atoms with Crippen molar-refractivity contribution < 1.29 is 19.0 Å². The number of methoxy groups -OCH3 is 1. The van der Waals surface area contributed by atoms with Gasteiger partial charge in [0.25, 0.3) is 0 Å². The van der Waals surface area contributed by atoms with Crippen LogP contribution < -0.4 is 0 Å². The number of nitrogens with zero attached hydrogens (tertiary/aromatic N) is 1. The Balaban J connectivity index is 2.13. The molecule has 0 radical (unpaired) electrons. The van der Waals surface area contributed by atoms with Crippen molar-refractivity contribution in [3.05, 3.63) is 35.8 Å². The van der Waals surface area contributed by atoms with E-state index in [1.54, 1.807) is 24.3 Å². The fraction of sp³-hybridized carbons (Fsp3) is 0.400. The van der Waals surface area contributed by atoms with E-state index in [0.717, 1.165) is 11.1 Å². The standard InChI is InChI=1S/C15H19FN2O3/c1-21-7-5-18(4-6-19)15(20)8-11-10-17-14-3-2-12(16)9-13(11)14/h2-3,9-10,17,19H,4-8H2,1H3. The van der Waals surface area contributed by atoms with Gasteiger partial charge in [-0.15, -0.1) is 0 Å². The predicted molar refractivity (Wildman–Crippen MR) is 77.5 cm³/mol. The van der Waals surface area contributed by atoms with Crippen LogP contribution in [-0.4, -0.2) is 54.3 Å². The molecule has 0 unspecified atom stereocenters. The second kappa shape index (κ2) is 7.19. The fourth-order valence-corrected chi connectivity index (χ4v) is 2.26. The van der Waals surface area contributed by atoms with Gasteiger partial charge in [-0.3, -0.25) is 4.79 Å². The quantitative estimate of drug-likeness (QED) is 0.809. The van der Waals surface area contributed by atoms with E-state index in [2.05, 4.69) is 4.98 Å². The van der Waals surface area contributed by atoms with Gasteiger partial charge in [0.1, 0.15) is 5.82 Å². The number of rotatable bonds is 7. The van der Waals surface area contributed by atoms with Crippen LogP contribution in [0, 0.1) is 5.82 Å². The van der Waals surface area contributed by atoms with E-state index in [4.69, 9.17) is 9.84 Å². The molecule has 0 atom stereocenters. The summed E-state index contributed by atoms with van der Waals surface area (Å²) in [7, 11) is 1.56. The molecule has 0 aliphatic rings. The monoisotopic (exact) mass is 294 g/mol. The average molecular weight is 294 g/mol. The molecule has 1 aromatic carbocycles. The van der Waals surface area contributed by atoms with Gasteiger partial charge in [0.15, 0.2) is 0 Å². The maximum absolute atomic E-state index is 13.3. The maximum atomic E-state index is 13.3. The first-order chi connectivity index (χ1) is 10.2. The Bertz CT molecular complexity index is 612. The highest BCUT2D eigenvalue weighted by Crippen LogP contribution is 2.20. The number of carbonyl (C=O) groups is 1. The molecule has 1 amide bonds. The molecule has 0 fully saturated rings. The van der Waals surface area contributed by atoms with Gasteiger partial charge in [0.2, 0.25) is 5.91 Å². The zero-order valence-corrected chi connectivity index (χ0v) is 11.9. The van der Waals surface area contributed by atoms with Crippen molar-refractivity contribution in [3.8, 4) is 0 Å². The summed E-state index contributed by atoms with van der Waals surface area (Å²) in [5.74, 6) is -0.450. The molecular weight excluding hydrogens is 275 g/mol. The lowest BCUT2D eigenvalue weighted by molar-refractivity contribution is -0.131. The molecule has 114 valence electrons. The van der Waals surface area contributed by atoms with Crippen molar-refractivity contribution in [2.75, 3.05) is 33.4 Å². The highest BCUT2D eigenvalue weighted by atomic mass is 19.1. The average Bonchev–Trinajstić information content (AvgIpc) is 2.85. The number of carbonyl (C=O) groups excluding carboxylic acids is 1. The van der Waals surface area contributed by atoms with Gasteiger partial charge in [-0.05, 0) is 23.8 Å². The molecule has 1 heterocycles. The molecule has 6 heteroatoms. The molecule has 0 aliphatic heterocycles. The number of hydrogen-bond donors (Lipinski definition) is 2. The molecule has 0 saturated carbocycles. The van der Waals surface area contributed by atoms with Crippen LogP contribution >= 0.6 is 0 Å². The maximum Gasteiger partial charge on any atom is 0.227 e. The number of hydrogen-bond acceptors (Lipinski definition) is 3. The first kappa shape index (κ1) is 15.5. The molecule has 5 nitrogen and oxygen atoms in total. The van der Waals surface area contributed by atoms with Gasteiger partial charge in [-0.2, -0.15) is 0 Å². The Kier molecular flexibility index (Phi) is 5.30. The lowest BCUT2D eigenvalue weighted by atomic mass is 10.1. The van der Waals surface area contributed by atoms with Crippen molar-refractivity contribution in [2.45, 2.75) is 6.42 Å². The summed E-state index contributed by atoms with van der Waals surface area (Å²) in [4.78, 5) is 16.9. The van der Waals surface area contributed by atoms with Crippen LogP contribution in [0.3, 0.4) is 0 Å². The lowest BCUT2D eigenvalue weighted by Gasteiger charge is -2.21. The summed E-state index contributed by atoms with van der Waals surface area (Å²) in [6.45, 7) is 0.998. The van der Waals surface area contributed by atoms with E-state index in [-0.39, 0.29) is 31.3 Å². The number of aliphatic hydroxyl groups excluding tert-OH is 1. The molecule has 2 aromatic rings. The Morgan fingerprint density at radius 3 is 2.95 bits per heavy atom. The van der Waals surface area contributed by atoms with Crippen molar-refractivity contribution >= 4 is 16.8 Å². The van der Waals surface area contributed by atoms with Crippen LogP contribution in [0.5, 0.6) is 0 Å². The first-order valence-electron chi connectivity index (χ1n) is 6.78. The predicted octanol–water partition coefficient (Wildman–Crippen LogP) is 1.32. The Morgan fingerprint density at radius 2 is 2.24 bits per heavy atom. The van der Waals surface area contributed by atoms with Crippen molar-refractivity contribution in [2.24, 2.45) is 0 Å². The minimum absolute atomic E-state index is 0.0992. The summed E-state index contributed by atoms with van der Waals surface area (Å²) < 4.78 is 18.3. The highest BCUT2D eigenvalue weighted by Gasteiger charge is 2.15. The SMILES string of the molecule is COCCN(CCO)C(=O)Cc1c[nH]c2ccc(F)cc12. The van der Waals surface area contributed by atoms with Crippen molar-refractivity contribution in [1.29, 1.82) is 0 Å². The number of H-pyrrole nitrogens is 1. The summed E-state index contributed by atoms with van der Waals surface area (Å²) in [5, 5.41) is 9.74. The molecule has 0 bridgehead atoms. The third-order valence-electron chi connectivity index (χ3n) is 3.36. The first-order valence-corrected chi connectivity index (χ1v) is 6.78. The zero-order chi connectivity index (χ0) is 15.2. The van der Waals surface area contributed by atoms with Gasteiger partial charge in [0.05, 0.1) is 19.6 Å². The number of nitrogens with one attached hydrogen (secondary N) is 1. The smallest absolute Gasteiger partial charge is 0.227 e. The highest BCUT2D eigenvalue weighted by molar-refractivity contribution is 5.89. The molecule has 1 aromatic heterocycles. The van der Waals surface area contributed by atoms with E-state index >= 15 is 0 Å². The third-order valence-corrected chi connectivity index (χ3v) is 3.36. The number of aliphatic hydroxyl groups is 1. The van der Waals surface area contributed by atoms with Gasteiger partial charge in [-0.25, -0.2) is 4.39 Å². The molecular formula is C15H19FN2O3. The zero-order valence-electron chi connectivity index (χ0n) is 11.9. The van der Waals surface area contributed by atoms with Crippen LogP contribution in [0.25, 0.3) is 10.9 Å². The van der Waals surface area contributed by atoms with Gasteiger partial charge in [0, 0.05) is 37.3 Å². The second-order valence-electron chi connectivity index (χ2n) is 4.78. The number of ether oxygens (including phenoxy) is 1. The van der Waals surface area contributed by atoms with Crippen molar-refractivity contribution in [1.82, 2.24) is 9.88 Å². The van der Waals surface area contributed by atoms with Crippen LogP contribution in [0.4, 0.5) is 4.39 Å². The minimum Gasteiger partial charge on any atom is -0.395 e. The van der Waals surface area contributed by atoms with Crippen LogP contribution in [-0.2, 0) is 16.0 Å². The molecule has 21 heavy (non-hydrogen) atoms. The Labute approximate surface area is 122 Å². The third kappa shape index (κ3) is 3.80. The van der Waals surface area contributed by atoms with Crippen molar-refractivity contribution in [3.63, 3.8) is 0 Å². The molecule has 2 N–H and O–H groups in total. The number of benzene rings is 1. The summed E-state index contributed by atoms with van der Waals surface area (Å²) in [6, 6.07) is 4.44.